The Hall–Kier alpha value is -1.49. The zero-order valence-corrected chi connectivity index (χ0v) is 14.1. The lowest BCUT2D eigenvalue weighted by atomic mass is 10.1. The lowest BCUT2D eigenvalue weighted by Gasteiger charge is -2.12. The fraction of sp³-hybridized carbons (Fsp3) is 0.375. The SMILES string of the molecule is CCCc1nc(-c2ccc(C)c(F)c2)nc(NCC)c1Br. The summed E-state index contributed by atoms with van der Waals surface area (Å²) < 4.78 is 14.7. The van der Waals surface area contributed by atoms with Crippen LogP contribution in [0.4, 0.5) is 10.2 Å². The molecule has 2 rings (SSSR count). The fourth-order valence-electron chi connectivity index (χ4n) is 2.04. The number of aromatic nitrogens is 2. The van der Waals surface area contributed by atoms with Gasteiger partial charge in [0, 0.05) is 12.1 Å². The molecule has 0 atom stereocenters. The Morgan fingerprint density at radius 3 is 2.62 bits per heavy atom. The van der Waals surface area contributed by atoms with Gasteiger partial charge in [0.1, 0.15) is 11.6 Å². The van der Waals surface area contributed by atoms with Crippen LogP contribution < -0.4 is 5.32 Å². The van der Waals surface area contributed by atoms with Gasteiger partial charge >= 0.3 is 0 Å². The molecule has 0 bridgehead atoms. The lowest BCUT2D eigenvalue weighted by molar-refractivity contribution is 0.619. The van der Waals surface area contributed by atoms with E-state index < -0.39 is 0 Å². The third-order valence-electron chi connectivity index (χ3n) is 3.18. The summed E-state index contributed by atoms with van der Waals surface area (Å²) in [7, 11) is 0. The second-order valence-corrected chi connectivity index (χ2v) is 5.69. The van der Waals surface area contributed by atoms with E-state index in [4.69, 9.17) is 0 Å². The van der Waals surface area contributed by atoms with Crippen LogP contribution in [0.15, 0.2) is 22.7 Å². The predicted octanol–water partition coefficient (Wildman–Crippen LogP) is 4.74. The number of nitrogens with one attached hydrogen (secondary N) is 1. The molecule has 0 radical (unpaired) electrons. The van der Waals surface area contributed by atoms with Gasteiger partial charge in [-0.2, -0.15) is 0 Å². The summed E-state index contributed by atoms with van der Waals surface area (Å²) in [6.07, 6.45) is 1.84. The van der Waals surface area contributed by atoms with Crippen molar-refractivity contribution >= 4 is 21.7 Å². The summed E-state index contributed by atoms with van der Waals surface area (Å²) >= 11 is 3.55. The Morgan fingerprint density at radius 1 is 1.24 bits per heavy atom. The molecule has 1 aromatic heterocycles. The van der Waals surface area contributed by atoms with Gasteiger partial charge in [-0.1, -0.05) is 25.5 Å². The van der Waals surface area contributed by atoms with Crippen molar-refractivity contribution in [3.05, 3.63) is 39.7 Å². The van der Waals surface area contributed by atoms with E-state index in [1.807, 2.05) is 13.0 Å². The third kappa shape index (κ3) is 3.59. The molecule has 0 amide bonds. The van der Waals surface area contributed by atoms with Crippen LogP contribution in [0.3, 0.4) is 0 Å². The van der Waals surface area contributed by atoms with Crippen LogP contribution in [0.5, 0.6) is 0 Å². The van der Waals surface area contributed by atoms with E-state index in [0.29, 0.717) is 17.0 Å². The van der Waals surface area contributed by atoms with Crippen molar-refractivity contribution in [2.24, 2.45) is 0 Å². The van der Waals surface area contributed by atoms with Crippen molar-refractivity contribution < 1.29 is 4.39 Å². The van der Waals surface area contributed by atoms with Crippen LogP contribution in [0.1, 0.15) is 31.5 Å². The maximum Gasteiger partial charge on any atom is 0.161 e. The first-order valence-corrected chi connectivity index (χ1v) is 7.92. The molecule has 0 aliphatic rings. The standard InChI is InChI=1S/C16H19BrFN3/c1-4-6-13-14(17)16(19-5-2)21-15(20-13)11-8-7-10(3)12(18)9-11/h7-9H,4-6H2,1-3H3,(H,19,20,21). The summed E-state index contributed by atoms with van der Waals surface area (Å²) in [6, 6.07) is 5.10. The van der Waals surface area contributed by atoms with E-state index in [-0.39, 0.29) is 5.82 Å². The average Bonchev–Trinajstić information content (AvgIpc) is 2.46. The Labute approximate surface area is 133 Å². The normalized spacial score (nSPS) is 10.7. The largest absolute Gasteiger partial charge is 0.369 e. The molecule has 112 valence electrons. The van der Waals surface area contributed by atoms with Crippen LogP contribution in [0, 0.1) is 12.7 Å². The molecular formula is C16H19BrFN3. The predicted molar refractivity (Wildman–Crippen MR) is 88.0 cm³/mol. The summed E-state index contributed by atoms with van der Waals surface area (Å²) in [5, 5.41) is 3.22. The molecule has 0 spiro atoms. The summed E-state index contributed by atoms with van der Waals surface area (Å²) in [6.45, 7) is 6.63. The number of hydrogen-bond acceptors (Lipinski definition) is 3. The lowest BCUT2D eigenvalue weighted by Crippen LogP contribution is -2.06. The summed E-state index contributed by atoms with van der Waals surface area (Å²) in [4.78, 5) is 9.09. The quantitative estimate of drug-likeness (QED) is 0.845. The van der Waals surface area contributed by atoms with Crippen LogP contribution in [0.2, 0.25) is 0 Å². The van der Waals surface area contributed by atoms with Gasteiger partial charge in [-0.15, -0.1) is 0 Å². The highest BCUT2D eigenvalue weighted by molar-refractivity contribution is 9.10. The molecule has 0 fully saturated rings. The smallest absolute Gasteiger partial charge is 0.161 e. The van der Waals surface area contributed by atoms with Crippen LogP contribution in [-0.4, -0.2) is 16.5 Å². The van der Waals surface area contributed by atoms with E-state index in [1.165, 1.54) is 6.07 Å². The molecule has 0 aliphatic heterocycles. The Bertz CT molecular complexity index is 616. The van der Waals surface area contributed by atoms with E-state index in [0.717, 1.165) is 35.4 Å². The molecular weight excluding hydrogens is 333 g/mol. The van der Waals surface area contributed by atoms with Gasteiger partial charge in [-0.05, 0) is 47.8 Å². The maximum atomic E-state index is 13.8. The van der Waals surface area contributed by atoms with Gasteiger partial charge in [0.05, 0.1) is 10.2 Å². The van der Waals surface area contributed by atoms with E-state index >= 15 is 0 Å². The van der Waals surface area contributed by atoms with Crippen molar-refractivity contribution in [1.29, 1.82) is 0 Å². The third-order valence-corrected chi connectivity index (χ3v) is 4.01. The molecule has 1 heterocycles. The first kappa shape index (κ1) is 15.9. The van der Waals surface area contributed by atoms with Crippen molar-refractivity contribution in [2.45, 2.75) is 33.6 Å². The highest BCUT2D eigenvalue weighted by atomic mass is 79.9. The van der Waals surface area contributed by atoms with Crippen molar-refractivity contribution in [3.63, 3.8) is 0 Å². The van der Waals surface area contributed by atoms with Gasteiger partial charge in [0.25, 0.3) is 0 Å². The zero-order valence-electron chi connectivity index (χ0n) is 12.5. The van der Waals surface area contributed by atoms with Crippen LogP contribution in [0.25, 0.3) is 11.4 Å². The molecule has 1 aromatic carbocycles. The van der Waals surface area contributed by atoms with Crippen molar-refractivity contribution in [3.8, 4) is 11.4 Å². The van der Waals surface area contributed by atoms with Gasteiger partial charge in [0.2, 0.25) is 0 Å². The Kier molecular flexibility index (Phi) is 5.28. The molecule has 3 nitrogen and oxygen atoms in total. The molecule has 2 aromatic rings. The van der Waals surface area contributed by atoms with Gasteiger partial charge in [-0.3, -0.25) is 0 Å². The van der Waals surface area contributed by atoms with Crippen LogP contribution >= 0.6 is 15.9 Å². The number of rotatable bonds is 5. The zero-order chi connectivity index (χ0) is 15.4. The van der Waals surface area contributed by atoms with Crippen molar-refractivity contribution in [1.82, 2.24) is 9.97 Å². The second-order valence-electron chi connectivity index (χ2n) is 4.90. The molecule has 0 saturated heterocycles. The second kappa shape index (κ2) is 6.98. The monoisotopic (exact) mass is 351 g/mol. The molecule has 5 heteroatoms. The van der Waals surface area contributed by atoms with E-state index in [9.17, 15) is 4.39 Å². The first-order chi connectivity index (χ1) is 10.1. The molecule has 0 unspecified atom stereocenters. The first-order valence-electron chi connectivity index (χ1n) is 7.13. The minimum absolute atomic E-state index is 0.235. The highest BCUT2D eigenvalue weighted by Gasteiger charge is 2.13. The number of hydrogen-bond donors (Lipinski definition) is 1. The molecule has 21 heavy (non-hydrogen) atoms. The van der Waals surface area contributed by atoms with Crippen LogP contribution in [-0.2, 0) is 6.42 Å². The number of anilines is 1. The van der Waals surface area contributed by atoms with Gasteiger partial charge in [0.15, 0.2) is 5.82 Å². The van der Waals surface area contributed by atoms with E-state index in [2.05, 4.69) is 38.1 Å². The number of benzene rings is 1. The maximum absolute atomic E-state index is 13.8. The minimum atomic E-state index is -0.235. The van der Waals surface area contributed by atoms with E-state index in [1.54, 1.807) is 13.0 Å². The average molecular weight is 352 g/mol. The highest BCUT2D eigenvalue weighted by Crippen LogP contribution is 2.28. The number of halogens is 2. The Morgan fingerprint density at radius 2 is 2.00 bits per heavy atom. The fourth-order valence-corrected chi connectivity index (χ4v) is 2.56. The molecule has 1 N–H and O–H groups in total. The number of aryl methyl sites for hydroxylation is 2. The molecule has 0 saturated carbocycles. The van der Waals surface area contributed by atoms with Gasteiger partial charge < -0.3 is 5.32 Å². The Balaban J connectivity index is 2.53. The minimum Gasteiger partial charge on any atom is -0.369 e. The topological polar surface area (TPSA) is 37.8 Å². The van der Waals surface area contributed by atoms with Crippen molar-refractivity contribution in [2.75, 3.05) is 11.9 Å². The molecule has 0 aliphatic carbocycles. The summed E-state index contributed by atoms with van der Waals surface area (Å²) in [5.41, 5.74) is 2.26. The van der Waals surface area contributed by atoms with Gasteiger partial charge in [-0.25, -0.2) is 14.4 Å². The summed E-state index contributed by atoms with van der Waals surface area (Å²) in [5.74, 6) is 1.07. The number of nitrogens with zero attached hydrogens (tertiary/aromatic N) is 2.